The summed E-state index contributed by atoms with van der Waals surface area (Å²) in [5.74, 6) is 0. The highest BCUT2D eigenvalue weighted by Gasteiger charge is 2.27. The Balaban J connectivity index is 1.35. The fourth-order valence-electron chi connectivity index (χ4n) is 5.99. The molecule has 1 aromatic heterocycles. The van der Waals surface area contributed by atoms with Crippen LogP contribution in [0.1, 0.15) is 24.3 Å². The van der Waals surface area contributed by atoms with Crippen molar-refractivity contribution in [3.8, 4) is 0 Å². The number of rotatable bonds is 23. The normalized spacial score (nSPS) is 16.6. The zero-order valence-electron chi connectivity index (χ0n) is 31.8. The second kappa shape index (κ2) is 22.1. The molecule has 2 aromatic carbocycles. The van der Waals surface area contributed by atoms with Crippen molar-refractivity contribution in [2.75, 3.05) is 91.7 Å². The predicted octanol–water partition coefficient (Wildman–Crippen LogP) is 6.11. The Morgan fingerprint density at radius 1 is 0.772 bits per heavy atom. The van der Waals surface area contributed by atoms with Crippen LogP contribution in [0, 0.1) is 0 Å². The summed E-state index contributed by atoms with van der Waals surface area (Å²) in [5.41, 5.74) is 3.48. The first kappa shape index (κ1) is 45.4. The summed E-state index contributed by atoms with van der Waals surface area (Å²) in [5, 5.41) is 2.32. The standard InChI is InChI=1S/C38H47ClN2O12S4/c1-48-18-20-52-24-22-50-16-14-40-32-10-8-30(56(42,43)44)26-34(32)54-36(40)12-6-28-4-3-5-29(38(28)39)7-13-37-41(15-17-51-23-25-53-21-19-49-2)33-11-9-31(57(45,46)47)27-35(33)55-37/h6-13,26-27H,3-5,14-25H2,1-2H3,(H-,42,43,44,45,46,47)/p+1. The number of allylic oxidation sites excluding steroid dienone is 6. The number of nitrogens with zero attached hydrogens (tertiary/aromatic N) is 2. The number of hydrogen-bond donors (Lipinski definition) is 2. The number of thioether (sulfide) groups is 1. The SMILES string of the molecule is COCCOCCOCCN1/C(=C/C=C2\CCCC(/C=C/c3sc4cc(S(=O)(=O)O)ccc4[n+]3CCOCCOCCOC)=C2Cl)Sc2cc(S(=O)(=O)O)ccc21. The topological polar surface area (TPSA) is 171 Å². The van der Waals surface area contributed by atoms with Crippen LogP contribution in [-0.2, 0) is 55.2 Å². The number of hydrogen-bond acceptors (Lipinski definition) is 13. The van der Waals surface area contributed by atoms with Crippen LogP contribution in [0.3, 0.4) is 0 Å². The third-order valence-electron chi connectivity index (χ3n) is 8.84. The van der Waals surface area contributed by atoms with E-state index in [2.05, 4.69) is 0 Å². The van der Waals surface area contributed by atoms with Crippen LogP contribution in [0.5, 0.6) is 0 Å². The molecule has 5 rings (SSSR count). The molecule has 0 spiro atoms. The maximum Gasteiger partial charge on any atom is 0.294 e. The van der Waals surface area contributed by atoms with Gasteiger partial charge in [0.2, 0.25) is 5.52 Å². The zero-order chi connectivity index (χ0) is 40.8. The minimum absolute atomic E-state index is 0.179. The van der Waals surface area contributed by atoms with Crippen molar-refractivity contribution in [2.45, 2.75) is 40.5 Å². The number of fused-ring (bicyclic) bond motifs is 2. The lowest BCUT2D eigenvalue weighted by molar-refractivity contribution is -0.670. The van der Waals surface area contributed by atoms with E-state index in [1.54, 1.807) is 26.4 Å². The van der Waals surface area contributed by atoms with Crippen molar-refractivity contribution >= 4 is 76.9 Å². The average Bonchev–Trinajstić information content (AvgIpc) is 3.71. The van der Waals surface area contributed by atoms with Crippen LogP contribution < -0.4 is 9.47 Å². The highest BCUT2D eigenvalue weighted by molar-refractivity contribution is 8.03. The molecule has 0 saturated heterocycles. The van der Waals surface area contributed by atoms with Gasteiger partial charge in [-0.2, -0.15) is 21.4 Å². The maximum absolute atomic E-state index is 11.9. The van der Waals surface area contributed by atoms with E-state index in [0.717, 1.165) is 51.6 Å². The van der Waals surface area contributed by atoms with Gasteiger partial charge in [0.15, 0.2) is 6.54 Å². The largest absolute Gasteiger partial charge is 0.382 e. The van der Waals surface area contributed by atoms with Gasteiger partial charge in [0.25, 0.3) is 25.2 Å². The number of halogens is 1. The molecule has 14 nitrogen and oxygen atoms in total. The molecular formula is C38H48ClN2O12S4+. The number of anilines is 1. The van der Waals surface area contributed by atoms with E-state index in [1.165, 1.54) is 47.4 Å². The van der Waals surface area contributed by atoms with E-state index in [-0.39, 0.29) is 9.79 Å². The quantitative estimate of drug-likeness (QED) is 0.0635. The molecule has 312 valence electrons. The van der Waals surface area contributed by atoms with Gasteiger partial charge in [-0.3, -0.25) is 9.11 Å². The lowest BCUT2D eigenvalue weighted by Gasteiger charge is -2.21. The molecule has 0 radical (unpaired) electrons. The molecule has 0 saturated carbocycles. The van der Waals surface area contributed by atoms with Crippen LogP contribution >= 0.6 is 34.7 Å². The Hall–Kier alpha value is -2.69. The lowest BCUT2D eigenvalue weighted by atomic mass is 9.94. The van der Waals surface area contributed by atoms with Gasteiger partial charge in [-0.05, 0) is 66.8 Å². The first-order valence-corrected chi connectivity index (χ1v) is 23.1. The number of ether oxygens (including phenoxy) is 6. The second-order valence-electron chi connectivity index (χ2n) is 12.7. The van der Waals surface area contributed by atoms with E-state index in [4.69, 9.17) is 40.0 Å². The highest BCUT2D eigenvalue weighted by Crippen LogP contribution is 2.47. The van der Waals surface area contributed by atoms with E-state index < -0.39 is 20.2 Å². The molecule has 0 amide bonds. The summed E-state index contributed by atoms with van der Waals surface area (Å²) in [6.45, 7) is 5.42. The summed E-state index contributed by atoms with van der Waals surface area (Å²) >= 11 is 9.84. The predicted molar refractivity (Wildman–Crippen MR) is 220 cm³/mol. The Kier molecular flexibility index (Phi) is 17.6. The van der Waals surface area contributed by atoms with Gasteiger partial charge in [-0.25, -0.2) is 0 Å². The van der Waals surface area contributed by atoms with Gasteiger partial charge in [-0.1, -0.05) is 46.9 Å². The van der Waals surface area contributed by atoms with Gasteiger partial charge >= 0.3 is 0 Å². The van der Waals surface area contributed by atoms with Crippen LogP contribution in [0.25, 0.3) is 16.3 Å². The minimum Gasteiger partial charge on any atom is -0.382 e. The van der Waals surface area contributed by atoms with Gasteiger partial charge in [0.1, 0.15) is 11.3 Å². The van der Waals surface area contributed by atoms with Crippen LogP contribution in [0.2, 0.25) is 0 Å². The van der Waals surface area contributed by atoms with Crippen molar-refractivity contribution in [1.82, 2.24) is 0 Å². The van der Waals surface area contributed by atoms with E-state index in [0.29, 0.717) is 93.8 Å². The van der Waals surface area contributed by atoms with Crippen molar-refractivity contribution in [1.29, 1.82) is 0 Å². The molecule has 1 aliphatic carbocycles. The first-order valence-electron chi connectivity index (χ1n) is 18.2. The fraction of sp³-hybridized carbons (Fsp3) is 0.447. The van der Waals surface area contributed by atoms with Crippen LogP contribution in [0.4, 0.5) is 5.69 Å². The summed E-state index contributed by atoms with van der Waals surface area (Å²) in [4.78, 5) is 2.38. The summed E-state index contributed by atoms with van der Waals surface area (Å²) in [6, 6.07) is 9.05. The molecule has 57 heavy (non-hydrogen) atoms. The maximum atomic E-state index is 11.9. The van der Waals surface area contributed by atoms with E-state index in [9.17, 15) is 25.9 Å². The van der Waals surface area contributed by atoms with Gasteiger partial charge < -0.3 is 33.3 Å². The Bertz CT molecular complexity index is 2190. The number of aromatic nitrogens is 1. The number of methoxy groups -OCH3 is 2. The number of thiazole rings is 1. The van der Waals surface area contributed by atoms with Gasteiger partial charge in [0.05, 0.1) is 80.0 Å². The lowest BCUT2D eigenvalue weighted by Crippen LogP contribution is -2.37. The summed E-state index contributed by atoms with van der Waals surface area (Å²) in [6.07, 6.45) is 10.3. The molecule has 19 heteroatoms. The molecule has 0 fully saturated rings. The van der Waals surface area contributed by atoms with Crippen molar-refractivity contribution in [2.24, 2.45) is 0 Å². The molecule has 2 N–H and O–H groups in total. The smallest absolute Gasteiger partial charge is 0.294 e. The highest BCUT2D eigenvalue weighted by atomic mass is 35.5. The van der Waals surface area contributed by atoms with E-state index >= 15 is 0 Å². The van der Waals surface area contributed by atoms with Gasteiger partial charge in [0, 0.05) is 42.8 Å². The Morgan fingerprint density at radius 3 is 2.05 bits per heavy atom. The van der Waals surface area contributed by atoms with Crippen molar-refractivity contribution in [3.05, 3.63) is 80.8 Å². The van der Waals surface area contributed by atoms with Crippen LogP contribution in [0.15, 0.2) is 90.5 Å². The molecule has 0 atom stereocenters. The Morgan fingerprint density at radius 2 is 1.39 bits per heavy atom. The molecule has 2 heterocycles. The summed E-state index contributed by atoms with van der Waals surface area (Å²) in [7, 11) is -5.54. The third-order valence-corrected chi connectivity index (χ3v) is 13.2. The summed E-state index contributed by atoms with van der Waals surface area (Å²) < 4.78 is 102. The van der Waals surface area contributed by atoms with Crippen LogP contribution in [-0.4, -0.2) is 113 Å². The molecule has 2 aliphatic rings. The van der Waals surface area contributed by atoms with E-state index in [1.807, 2.05) is 33.8 Å². The van der Waals surface area contributed by atoms with Crippen molar-refractivity contribution in [3.63, 3.8) is 0 Å². The molecule has 0 unspecified atom stereocenters. The van der Waals surface area contributed by atoms with Crippen molar-refractivity contribution < 1.29 is 58.9 Å². The zero-order valence-corrected chi connectivity index (χ0v) is 35.8. The number of benzene rings is 2. The minimum atomic E-state index is -4.38. The second-order valence-corrected chi connectivity index (χ2v) is 18.1. The average molecular weight is 889 g/mol. The molecular weight excluding hydrogens is 840 g/mol. The fourth-order valence-corrected chi connectivity index (χ4v) is 9.73. The molecule has 3 aromatic rings. The van der Waals surface area contributed by atoms with Gasteiger partial charge in [-0.15, -0.1) is 0 Å². The third kappa shape index (κ3) is 13.2. The Labute approximate surface area is 347 Å². The first-order chi connectivity index (χ1) is 27.4. The molecule has 0 bridgehead atoms. The monoisotopic (exact) mass is 887 g/mol. The molecule has 1 aliphatic heterocycles.